The molecule has 0 bridgehead atoms. The van der Waals surface area contributed by atoms with Crippen LogP contribution in [0.5, 0.6) is 0 Å². The first-order valence-corrected chi connectivity index (χ1v) is 8.37. The summed E-state index contributed by atoms with van der Waals surface area (Å²) in [4.78, 5) is 7.17. The lowest BCUT2D eigenvalue weighted by atomic mass is 10.3. The van der Waals surface area contributed by atoms with Gasteiger partial charge in [0.1, 0.15) is 0 Å². The van der Waals surface area contributed by atoms with E-state index < -0.39 is 0 Å². The Bertz CT molecular complexity index is 563. The molecule has 102 valence electrons. The van der Waals surface area contributed by atoms with Crippen molar-refractivity contribution in [3.63, 3.8) is 0 Å². The molecule has 2 heterocycles. The third kappa shape index (κ3) is 3.09. The molecule has 1 aliphatic heterocycles. The zero-order chi connectivity index (χ0) is 13.2. The molecule has 1 unspecified atom stereocenters. The fourth-order valence-electron chi connectivity index (χ4n) is 2.52. The fourth-order valence-corrected chi connectivity index (χ4v) is 3.95. The molecular weight excluding hydrogens is 322 g/mol. The van der Waals surface area contributed by atoms with Gasteiger partial charge < -0.3 is 5.32 Å². The number of hydrogen-bond acceptors (Lipinski definition) is 4. The Kier molecular flexibility index (Phi) is 4.05. The van der Waals surface area contributed by atoms with Crippen molar-refractivity contribution in [1.29, 1.82) is 0 Å². The molecule has 1 saturated heterocycles. The minimum absolute atomic E-state index is 0.584. The lowest BCUT2D eigenvalue weighted by Crippen LogP contribution is -2.35. The molecule has 1 fully saturated rings. The van der Waals surface area contributed by atoms with Crippen LogP contribution >= 0.6 is 27.3 Å². The van der Waals surface area contributed by atoms with Gasteiger partial charge in [0.05, 0.1) is 10.2 Å². The van der Waals surface area contributed by atoms with Gasteiger partial charge in [-0.3, -0.25) is 4.90 Å². The Balaban J connectivity index is 1.64. The molecule has 0 saturated carbocycles. The summed E-state index contributed by atoms with van der Waals surface area (Å²) < 4.78 is 2.34. The predicted molar refractivity (Wildman–Crippen MR) is 86.1 cm³/mol. The topological polar surface area (TPSA) is 28.2 Å². The van der Waals surface area contributed by atoms with E-state index in [0.717, 1.165) is 21.7 Å². The van der Waals surface area contributed by atoms with Gasteiger partial charge in [-0.05, 0) is 51.1 Å². The number of nitrogens with one attached hydrogen (secondary N) is 1. The third-order valence-corrected chi connectivity index (χ3v) is 5.13. The normalized spacial score (nSPS) is 18.0. The maximum Gasteiger partial charge on any atom is 0.183 e. The van der Waals surface area contributed by atoms with Gasteiger partial charge in [0.15, 0.2) is 5.13 Å². The second-order valence-corrected chi connectivity index (χ2v) is 7.05. The van der Waals surface area contributed by atoms with Gasteiger partial charge in [-0.2, -0.15) is 0 Å². The lowest BCUT2D eigenvalue weighted by molar-refractivity contribution is 0.269. The number of anilines is 1. The maximum atomic E-state index is 4.62. The van der Waals surface area contributed by atoms with E-state index in [0.29, 0.717) is 6.04 Å². The van der Waals surface area contributed by atoms with Gasteiger partial charge >= 0.3 is 0 Å². The zero-order valence-electron chi connectivity index (χ0n) is 11.0. The first-order chi connectivity index (χ1) is 9.22. The number of halogens is 1. The summed E-state index contributed by atoms with van der Waals surface area (Å²) >= 11 is 5.23. The Labute approximate surface area is 126 Å². The number of rotatable bonds is 4. The van der Waals surface area contributed by atoms with Crippen molar-refractivity contribution in [2.45, 2.75) is 25.8 Å². The molecule has 1 aliphatic rings. The predicted octanol–water partition coefficient (Wildman–Crippen LogP) is 3.96. The van der Waals surface area contributed by atoms with Gasteiger partial charge in [0.25, 0.3) is 0 Å². The summed E-state index contributed by atoms with van der Waals surface area (Å²) in [7, 11) is 0. The summed E-state index contributed by atoms with van der Waals surface area (Å²) in [6.45, 7) is 5.76. The number of fused-ring (bicyclic) bond motifs is 1. The average molecular weight is 340 g/mol. The zero-order valence-corrected chi connectivity index (χ0v) is 13.4. The Morgan fingerprint density at radius 3 is 3.00 bits per heavy atom. The minimum atomic E-state index is 0.584. The smallest absolute Gasteiger partial charge is 0.183 e. The van der Waals surface area contributed by atoms with Crippen LogP contribution in [0.3, 0.4) is 0 Å². The molecule has 3 rings (SSSR count). The molecule has 1 N–H and O–H groups in total. The molecule has 5 heteroatoms. The van der Waals surface area contributed by atoms with Crippen molar-refractivity contribution in [2.75, 3.05) is 25.0 Å². The van der Waals surface area contributed by atoms with Crippen molar-refractivity contribution in [1.82, 2.24) is 9.88 Å². The maximum absolute atomic E-state index is 4.62. The van der Waals surface area contributed by atoms with Gasteiger partial charge in [0.2, 0.25) is 0 Å². The Hall–Kier alpha value is -0.650. The van der Waals surface area contributed by atoms with Crippen LogP contribution in [0.4, 0.5) is 5.13 Å². The molecule has 0 spiro atoms. The summed E-state index contributed by atoms with van der Waals surface area (Å²) in [5.41, 5.74) is 1.07. The van der Waals surface area contributed by atoms with Crippen LogP contribution in [0, 0.1) is 0 Å². The number of likely N-dealkylation sites (tertiary alicyclic amines) is 1. The monoisotopic (exact) mass is 339 g/mol. The summed E-state index contributed by atoms with van der Waals surface area (Å²) in [5, 5.41) is 4.51. The highest BCUT2D eigenvalue weighted by atomic mass is 79.9. The second kappa shape index (κ2) is 5.77. The number of hydrogen-bond donors (Lipinski definition) is 1. The van der Waals surface area contributed by atoms with Crippen molar-refractivity contribution >= 4 is 42.6 Å². The van der Waals surface area contributed by atoms with E-state index in [2.05, 4.69) is 50.2 Å². The van der Waals surface area contributed by atoms with E-state index >= 15 is 0 Å². The second-order valence-electron chi connectivity index (χ2n) is 5.10. The van der Waals surface area contributed by atoms with Crippen LogP contribution in [0.15, 0.2) is 22.7 Å². The largest absolute Gasteiger partial charge is 0.360 e. The molecule has 0 amide bonds. The van der Waals surface area contributed by atoms with Gasteiger partial charge in [-0.15, -0.1) is 0 Å². The molecule has 0 radical (unpaired) electrons. The fraction of sp³-hybridized carbons (Fsp3) is 0.500. The molecule has 0 aliphatic carbocycles. The number of thiazole rings is 1. The van der Waals surface area contributed by atoms with Crippen molar-refractivity contribution < 1.29 is 0 Å². The van der Waals surface area contributed by atoms with Crippen molar-refractivity contribution in [2.24, 2.45) is 0 Å². The van der Waals surface area contributed by atoms with Crippen LogP contribution < -0.4 is 5.32 Å². The van der Waals surface area contributed by atoms with E-state index in [-0.39, 0.29) is 0 Å². The van der Waals surface area contributed by atoms with Crippen LogP contribution in [0.1, 0.15) is 19.8 Å². The highest BCUT2D eigenvalue weighted by molar-refractivity contribution is 9.10. The molecule has 19 heavy (non-hydrogen) atoms. The third-order valence-electron chi connectivity index (χ3n) is 3.66. The van der Waals surface area contributed by atoms with Crippen LogP contribution in [0.25, 0.3) is 10.2 Å². The van der Waals surface area contributed by atoms with Crippen LogP contribution in [-0.4, -0.2) is 35.6 Å². The SMILES string of the molecule is CC(CNc1nc2ccc(Br)cc2s1)N1CCCC1. The quantitative estimate of drug-likeness (QED) is 0.913. The lowest BCUT2D eigenvalue weighted by Gasteiger charge is -2.23. The van der Waals surface area contributed by atoms with Crippen LogP contribution in [-0.2, 0) is 0 Å². The summed E-state index contributed by atoms with van der Waals surface area (Å²) in [6, 6.07) is 6.81. The molecule has 1 aromatic heterocycles. The highest BCUT2D eigenvalue weighted by Gasteiger charge is 2.17. The molecule has 1 atom stereocenters. The number of aromatic nitrogens is 1. The molecule has 2 aromatic rings. The summed E-state index contributed by atoms with van der Waals surface area (Å²) in [5.74, 6) is 0. The molecule has 1 aromatic carbocycles. The van der Waals surface area contributed by atoms with Gasteiger partial charge in [0, 0.05) is 17.1 Å². The van der Waals surface area contributed by atoms with Gasteiger partial charge in [-0.1, -0.05) is 27.3 Å². The van der Waals surface area contributed by atoms with Crippen LogP contribution in [0.2, 0.25) is 0 Å². The first-order valence-electron chi connectivity index (χ1n) is 6.76. The van der Waals surface area contributed by atoms with E-state index in [1.807, 2.05) is 6.07 Å². The van der Waals surface area contributed by atoms with E-state index in [1.54, 1.807) is 11.3 Å². The number of benzene rings is 1. The summed E-state index contributed by atoms with van der Waals surface area (Å²) in [6.07, 6.45) is 2.69. The first kappa shape index (κ1) is 13.3. The Morgan fingerprint density at radius 2 is 2.21 bits per heavy atom. The van der Waals surface area contributed by atoms with Crippen molar-refractivity contribution in [3.8, 4) is 0 Å². The molecular formula is C14H18BrN3S. The van der Waals surface area contributed by atoms with Gasteiger partial charge in [-0.25, -0.2) is 4.98 Å². The van der Waals surface area contributed by atoms with E-state index in [4.69, 9.17) is 0 Å². The van der Waals surface area contributed by atoms with E-state index in [9.17, 15) is 0 Å². The minimum Gasteiger partial charge on any atom is -0.360 e. The molecule has 3 nitrogen and oxygen atoms in total. The standard InChI is InChI=1S/C14H18BrN3S/c1-10(18-6-2-3-7-18)9-16-14-17-12-5-4-11(15)8-13(12)19-14/h4-5,8,10H,2-3,6-7,9H2,1H3,(H,16,17). The average Bonchev–Trinajstić information content (AvgIpc) is 3.04. The highest BCUT2D eigenvalue weighted by Crippen LogP contribution is 2.28. The number of nitrogens with zero attached hydrogens (tertiary/aromatic N) is 2. The van der Waals surface area contributed by atoms with E-state index in [1.165, 1.54) is 30.6 Å². The van der Waals surface area contributed by atoms with Crippen molar-refractivity contribution in [3.05, 3.63) is 22.7 Å². The Morgan fingerprint density at radius 1 is 1.42 bits per heavy atom.